The van der Waals surface area contributed by atoms with Gasteiger partial charge in [-0.3, -0.25) is 14.4 Å². The molecular weight excluding hydrogens is 336 g/mol. The third kappa shape index (κ3) is 5.31. The summed E-state index contributed by atoms with van der Waals surface area (Å²) in [6.07, 6.45) is 4.32. The number of fused-ring (bicyclic) bond motifs is 1. The molecule has 0 radical (unpaired) electrons. The van der Waals surface area contributed by atoms with Gasteiger partial charge in [-0.25, -0.2) is 0 Å². The molecule has 0 unspecified atom stereocenters. The van der Waals surface area contributed by atoms with Crippen LogP contribution >= 0.6 is 0 Å². The Morgan fingerprint density at radius 3 is 2.04 bits per heavy atom. The highest BCUT2D eigenvalue weighted by Crippen LogP contribution is 2.35. The third-order valence-electron chi connectivity index (χ3n) is 3.69. The Labute approximate surface area is 152 Å². The number of benzene rings is 1. The van der Waals surface area contributed by atoms with Crippen molar-refractivity contribution in [2.24, 2.45) is 5.92 Å². The fourth-order valence-corrected chi connectivity index (χ4v) is 2.22. The van der Waals surface area contributed by atoms with Gasteiger partial charge in [-0.1, -0.05) is 25.5 Å². The van der Waals surface area contributed by atoms with Crippen molar-refractivity contribution in [3.63, 3.8) is 0 Å². The number of aliphatic carboxylic acids is 1. The van der Waals surface area contributed by atoms with E-state index in [1.165, 1.54) is 18.2 Å². The molecule has 0 bridgehead atoms. The number of allylic oxidation sites excluding steroid dienone is 4. The molecule has 3 N–H and O–H groups in total. The van der Waals surface area contributed by atoms with Crippen LogP contribution < -0.4 is 0 Å². The lowest BCUT2D eigenvalue weighted by Gasteiger charge is -2.16. The molecule has 140 valence electrons. The van der Waals surface area contributed by atoms with E-state index in [1.807, 2.05) is 19.9 Å². The maximum atomic E-state index is 12.3. The summed E-state index contributed by atoms with van der Waals surface area (Å²) >= 11 is 0. The van der Waals surface area contributed by atoms with E-state index in [1.54, 1.807) is 13.8 Å². The van der Waals surface area contributed by atoms with Gasteiger partial charge < -0.3 is 15.3 Å². The smallest absolute Gasteiger partial charge is 0.305 e. The Morgan fingerprint density at radius 1 is 1.08 bits per heavy atom. The fraction of sp³-hybridized carbons (Fsp3) is 0.350. The van der Waals surface area contributed by atoms with Gasteiger partial charge in [-0.05, 0) is 44.9 Å². The fourth-order valence-electron chi connectivity index (χ4n) is 2.22. The molecule has 26 heavy (non-hydrogen) atoms. The van der Waals surface area contributed by atoms with E-state index in [0.717, 1.165) is 5.57 Å². The van der Waals surface area contributed by atoms with Crippen LogP contribution in [0, 0.1) is 5.92 Å². The highest BCUT2D eigenvalue weighted by Gasteiger charge is 2.30. The number of carbonyl (C=O) groups is 3. The van der Waals surface area contributed by atoms with Crippen LogP contribution in [-0.4, -0.2) is 32.9 Å². The number of phenols is 2. The Kier molecular flexibility index (Phi) is 7.31. The number of carboxylic acid groups (broad SMARTS) is 1. The largest absolute Gasteiger partial charge is 0.507 e. The summed E-state index contributed by atoms with van der Waals surface area (Å²) in [5.74, 6) is -2.37. The van der Waals surface area contributed by atoms with Gasteiger partial charge in [0, 0.05) is 5.57 Å². The van der Waals surface area contributed by atoms with Gasteiger partial charge in [0.1, 0.15) is 11.5 Å². The van der Waals surface area contributed by atoms with Crippen LogP contribution in [0.3, 0.4) is 0 Å². The number of hydrogen-bond acceptors (Lipinski definition) is 5. The van der Waals surface area contributed by atoms with Gasteiger partial charge in [0.05, 0.1) is 17.0 Å². The van der Waals surface area contributed by atoms with Crippen LogP contribution in [0.1, 0.15) is 61.3 Å². The number of hydrogen-bond donors (Lipinski definition) is 3. The van der Waals surface area contributed by atoms with Crippen LogP contribution in [0.25, 0.3) is 0 Å². The molecule has 0 amide bonds. The summed E-state index contributed by atoms with van der Waals surface area (Å²) in [6, 6.07) is 2.43. The van der Waals surface area contributed by atoms with Gasteiger partial charge in [-0.2, -0.15) is 0 Å². The number of aromatic hydroxyl groups is 2. The lowest BCUT2D eigenvalue weighted by atomic mass is 9.86. The van der Waals surface area contributed by atoms with Crippen molar-refractivity contribution in [1.82, 2.24) is 0 Å². The van der Waals surface area contributed by atoms with E-state index in [2.05, 4.69) is 0 Å². The zero-order chi connectivity index (χ0) is 20.0. The highest BCUT2D eigenvalue weighted by molar-refractivity contribution is 6.26. The van der Waals surface area contributed by atoms with Crippen LogP contribution in [-0.2, 0) is 4.79 Å². The molecule has 0 fully saturated rings. The summed E-state index contributed by atoms with van der Waals surface area (Å²) in [7, 11) is 0. The molecule has 0 aromatic heterocycles. The molecule has 1 aliphatic rings. The average molecular weight is 360 g/mol. The van der Waals surface area contributed by atoms with Crippen molar-refractivity contribution in [2.45, 2.75) is 40.5 Å². The molecule has 0 saturated carbocycles. The maximum absolute atomic E-state index is 12.3. The Bertz CT molecular complexity index is 780. The molecular formula is C20H24O6. The molecule has 0 saturated heterocycles. The van der Waals surface area contributed by atoms with Crippen LogP contribution in [0.4, 0.5) is 0 Å². The predicted octanol–water partition coefficient (Wildman–Crippen LogP) is 3.88. The zero-order valence-corrected chi connectivity index (χ0v) is 15.4. The van der Waals surface area contributed by atoms with E-state index in [-0.39, 0.29) is 28.5 Å². The van der Waals surface area contributed by atoms with E-state index in [4.69, 9.17) is 5.11 Å². The number of rotatable bonds is 4. The summed E-state index contributed by atoms with van der Waals surface area (Å²) in [6.45, 7) is 7.20. The second kappa shape index (κ2) is 8.99. The molecule has 6 nitrogen and oxygen atoms in total. The molecule has 6 heteroatoms. The number of phenolic OH excluding ortho intramolecular Hbond substituents is 2. The van der Waals surface area contributed by atoms with Crippen molar-refractivity contribution in [2.75, 3.05) is 0 Å². The van der Waals surface area contributed by atoms with E-state index in [9.17, 15) is 24.6 Å². The molecule has 1 aromatic rings. The second-order valence-electron chi connectivity index (χ2n) is 6.53. The molecule has 1 aromatic carbocycles. The first kappa shape index (κ1) is 21.2. The Balaban J connectivity index is 0.000000487. The first-order chi connectivity index (χ1) is 12.1. The van der Waals surface area contributed by atoms with Gasteiger partial charge in [0.2, 0.25) is 0 Å². The van der Waals surface area contributed by atoms with Gasteiger partial charge in [0.25, 0.3) is 0 Å². The molecule has 2 rings (SSSR count). The van der Waals surface area contributed by atoms with Gasteiger partial charge >= 0.3 is 5.97 Å². The summed E-state index contributed by atoms with van der Waals surface area (Å²) in [5, 5.41) is 27.4. The number of ketones is 2. The van der Waals surface area contributed by atoms with Crippen LogP contribution in [0.15, 0.2) is 35.4 Å². The summed E-state index contributed by atoms with van der Waals surface area (Å²) in [5.41, 5.74) is 1.30. The predicted molar refractivity (Wildman–Crippen MR) is 97.7 cm³/mol. The topological polar surface area (TPSA) is 112 Å². The molecule has 0 atom stereocenters. The number of carboxylic acids is 1. The molecule has 0 spiro atoms. The molecule has 0 heterocycles. The normalized spacial score (nSPS) is 12.7. The first-order valence-electron chi connectivity index (χ1n) is 8.27. The molecule has 1 aliphatic carbocycles. The number of Topliss-reactive ketones (excluding diaryl/α,β-unsaturated/α-hetero) is 1. The number of carbonyl (C=O) groups excluding carboxylic acids is 2. The van der Waals surface area contributed by atoms with Crippen molar-refractivity contribution in [3.05, 3.63) is 46.6 Å². The highest BCUT2D eigenvalue weighted by atomic mass is 16.4. The van der Waals surface area contributed by atoms with Crippen LogP contribution in [0.5, 0.6) is 11.5 Å². The maximum Gasteiger partial charge on any atom is 0.305 e. The van der Waals surface area contributed by atoms with Gasteiger partial charge in [0.15, 0.2) is 11.6 Å². The summed E-state index contributed by atoms with van der Waals surface area (Å²) in [4.78, 5) is 34.0. The SMILES string of the molecule is CC(C)=CCCC1=CC(=O)c2c(O)ccc(O)c2C1=O.CC(C)C(=O)O. The van der Waals surface area contributed by atoms with Crippen molar-refractivity contribution in [1.29, 1.82) is 0 Å². The minimum Gasteiger partial charge on any atom is -0.507 e. The zero-order valence-electron chi connectivity index (χ0n) is 15.4. The van der Waals surface area contributed by atoms with Crippen molar-refractivity contribution < 1.29 is 29.7 Å². The quantitative estimate of drug-likeness (QED) is 0.555. The van der Waals surface area contributed by atoms with E-state index >= 15 is 0 Å². The van der Waals surface area contributed by atoms with Crippen molar-refractivity contribution in [3.8, 4) is 11.5 Å². The lowest BCUT2D eigenvalue weighted by molar-refractivity contribution is -0.140. The van der Waals surface area contributed by atoms with Crippen molar-refractivity contribution >= 4 is 17.5 Å². The standard InChI is InChI=1S/C16H16O4.C4H8O2/c1-9(2)4-3-5-10-8-13(19)14-11(17)6-7-12(18)15(14)16(10)20;1-3(2)4(5)6/h4,6-8,17-18H,3,5H2,1-2H3;3H,1-2H3,(H,5,6). The van der Waals surface area contributed by atoms with E-state index in [0.29, 0.717) is 18.4 Å². The monoisotopic (exact) mass is 360 g/mol. The molecule has 0 aliphatic heterocycles. The van der Waals surface area contributed by atoms with Crippen LogP contribution in [0.2, 0.25) is 0 Å². The third-order valence-corrected chi connectivity index (χ3v) is 3.69. The second-order valence-corrected chi connectivity index (χ2v) is 6.53. The van der Waals surface area contributed by atoms with Gasteiger partial charge in [-0.15, -0.1) is 0 Å². The average Bonchev–Trinajstić information content (AvgIpc) is 2.54. The van der Waals surface area contributed by atoms with E-state index < -0.39 is 17.5 Å². The Hall–Kier alpha value is -2.89. The lowest BCUT2D eigenvalue weighted by Crippen LogP contribution is -2.17. The first-order valence-corrected chi connectivity index (χ1v) is 8.27. The summed E-state index contributed by atoms with van der Waals surface area (Å²) < 4.78 is 0. The Morgan fingerprint density at radius 2 is 1.58 bits per heavy atom. The minimum absolute atomic E-state index is 0.0929. The minimum atomic E-state index is -0.741.